The van der Waals surface area contributed by atoms with Crippen molar-refractivity contribution in [1.82, 2.24) is 9.78 Å². The van der Waals surface area contributed by atoms with Gasteiger partial charge in [-0.3, -0.25) is 4.68 Å². The molecular formula is C10H17N3. The summed E-state index contributed by atoms with van der Waals surface area (Å²) in [7, 11) is 1.90. The molecule has 0 unspecified atom stereocenters. The lowest BCUT2D eigenvalue weighted by Crippen LogP contribution is -2.17. The second-order valence-corrected chi connectivity index (χ2v) is 4.35. The molecular weight excluding hydrogens is 162 g/mol. The average molecular weight is 179 g/mol. The van der Waals surface area contributed by atoms with Crippen LogP contribution in [0.15, 0.2) is 6.07 Å². The van der Waals surface area contributed by atoms with Gasteiger partial charge in [-0.15, -0.1) is 0 Å². The highest BCUT2D eigenvalue weighted by Crippen LogP contribution is 2.40. The fraction of sp³-hybridized carbons (Fsp3) is 0.700. The standard InChI is InChI=1S/C10H17N3/c1-10(5-3-4-6-10)8-7-9(11)13(2)12-8/h7H,3-6,11H2,1-2H3. The average Bonchev–Trinajstić information content (AvgIpc) is 2.62. The van der Waals surface area contributed by atoms with Crippen molar-refractivity contribution >= 4 is 5.82 Å². The molecule has 0 saturated heterocycles. The highest BCUT2D eigenvalue weighted by molar-refractivity contribution is 5.34. The largest absolute Gasteiger partial charge is 0.384 e. The molecule has 0 bridgehead atoms. The van der Waals surface area contributed by atoms with E-state index in [1.165, 1.54) is 31.4 Å². The molecule has 1 aliphatic carbocycles. The number of anilines is 1. The second kappa shape index (κ2) is 2.76. The van der Waals surface area contributed by atoms with E-state index in [0.717, 1.165) is 5.82 Å². The topological polar surface area (TPSA) is 43.8 Å². The first-order chi connectivity index (χ1) is 6.12. The van der Waals surface area contributed by atoms with Crippen molar-refractivity contribution in [1.29, 1.82) is 0 Å². The van der Waals surface area contributed by atoms with Gasteiger partial charge in [-0.2, -0.15) is 5.10 Å². The Hall–Kier alpha value is -0.990. The predicted molar refractivity (Wildman–Crippen MR) is 53.4 cm³/mol. The van der Waals surface area contributed by atoms with E-state index in [9.17, 15) is 0 Å². The summed E-state index contributed by atoms with van der Waals surface area (Å²) in [4.78, 5) is 0. The Kier molecular flexibility index (Phi) is 1.82. The molecule has 0 aliphatic heterocycles. The number of rotatable bonds is 1. The van der Waals surface area contributed by atoms with Crippen LogP contribution in [0.3, 0.4) is 0 Å². The van der Waals surface area contributed by atoms with Gasteiger partial charge in [0.05, 0.1) is 5.69 Å². The molecule has 3 nitrogen and oxygen atoms in total. The fourth-order valence-electron chi connectivity index (χ4n) is 2.19. The number of aromatic nitrogens is 2. The van der Waals surface area contributed by atoms with Crippen LogP contribution in [0, 0.1) is 0 Å². The summed E-state index contributed by atoms with van der Waals surface area (Å²) >= 11 is 0. The molecule has 72 valence electrons. The molecule has 0 aromatic carbocycles. The molecule has 0 radical (unpaired) electrons. The molecule has 1 heterocycles. The van der Waals surface area contributed by atoms with E-state index in [4.69, 9.17) is 5.73 Å². The van der Waals surface area contributed by atoms with Crippen molar-refractivity contribution in [2.75, 3.05) is 5.73 Å². The normalized spacial score (nSPS) is 20.8. The fourth-order valence-corrected chi connectivity index (χ4v) is 2.19. The van der Waals surface area contributed by atoms with E-state index in [1.807, 2.05) is 13.1 Å². The third kappa shape index (κ3) is 1.32. The first-order valence-electron chi connectivity index (χ1n) is 4.92. The summed E-state index contributed by atoms with van der Waals surface area (Å²) in [5.41, 5.74) is 7.23. The summed E-state index contributed by atoms with van der Waals surface area (Å²) in [6.07, 6.45) is 5.16. The SMILES string of the molecule is Cn1nc(C2(C)CCCC2)cc1N. The Morgan fingerprint density at radius 2 is 2.08 bits per heavy atom. The number of nitrogen functional groups attached to an aromatic ring is 1. The minimum Gasteiger partial charge on any atom is -0.384 e. The van der Waals surface area contributed by atoms with Crippen LogP contribution in [0.4, 0.5) is 5.82 Å². The third-order valence-electron chi connectivity index (χ3n) is 3.24. The van der Waals surface area contributed by atoms with E-state index in [1.54, 1.807) is 4.68 Å². The Morgan fingerprint density at radius 1 is 1.46 bits per heavy atom. The van der Waals surface area contributed by atoms with Gasteiger partial charge in [0.25, 0.3) is 0 Å². The molecule has 1 aliphatic rings. The molecule has 1 aromatic heterocycles. The molecule has 1 fully saturated rings. The third-order valence-corrected chi connectivity index (χ3v) is 3.24. The molecule has 3 heteroatoms. The minimum atomic E-state index is 0.287. The number of nitrogens with zero attached hydrogens (tertiary/aromatic N) is 2. The maximum atomic E-state index is 5.77. The van der Waals surface area contributed by atoms with Gasteiger partial charge < -0.3 is 5.73 Å². The first kappa shape index (κ1) is 8.60. The molecule has 1 saturated carbocycles. The van der Waals surface area contributed by atoms with Crippen LogP contribution in [-0.2, 0) is 12.5 Å². The van der Waals surface area contributed by atoms with Crippen LogP contribution in [0.2, 0.25) is 0 Å². The van der Waals surface area contributed by atoms with Crippen molar-refractivity contribution in [3.05, 3.63) is 11.8 Å². The second-order valence-electron chi connectivity index (χ2n) is 4.35. The predicted octanol–water partition coefficient (Wildman–Crippen LogP) is 1.83. The van der Waals surface area contributed by atoms with Gasteiger partial charge in [-0.1, -0.05) is 19.8 Å². The maximum absolute atomic E-state index is 5.77. The summed E-state index contributed by atoms with van der Waals surface area (Å²) in [6.45, 7) is 2.29. The van der Waals surface area contributed by atoms with E-state index in [0.29, 0.717) is 0 Å². The van der Waals surface area contributed by atoms with Crippen molar-refractivity contribution in [2.24, 2.45) is 7.05 Å². The van der Waals surface area contributed by atoms with E-state index >= 15 is 0 Å². The summed E-state index contributed by atoms with van der Waals surface area (Å²) in [6, 6.07) is 2.02. The smallest absolute Gasteiger partial charge is 0.121 e. The molecule has 13 heavy (non-hydrogen) atoms. The first-order valence-corrected chi connectivity index (χ1v) is 4.92. The molecule has 0 spiro atoms. The van der Waals surface area contributed by atoms with Gasteiger partial charge in [0.1, 0.15) is 5.82 Å². The highest BCUT2D eigenvalue weighted by Gasteiger charge is 2.32. The van der Waals surface area contributed by atoms with Gasteiger partial charge >= 0.3 is 0 Å². The monoisotopic (exact) mass is 179 g/mol. The molecule has 1 aromatic rings. The van der Waals surface area contributed by atoms with Crippen LogP contribution in [0.25, 0.3) is 0 Å². The maximum Gasteiger partial charge on any atom is 0.121 e. The van der Waals surface area contributed by atoms with Crippen LogP contribution in [-0.4, -0.2) is 9.78 Å². The Labute approximate surface area is 78.9 Å². The lowest BCUT2D eigenvalue weighted by molar-refractivity contribution is 0.468. The number of aryl methyl sites for hydroxylation is 1. The lowest BCUT2D eigenvalue weighted by Gasteiger charge is -2.19. The number of nitrogens with two attached hydrogens (primary N) is 1. The Balaban J connectivity index is 2.34. The van der Waals surface area contributed by atoms with E-state index in [2.05, 4.69) is 12.0 Å². The van der Waals surface area contributed by atoms with Gasteiger partial charge in [-0.05, 0) is 12.8 Å². The lowest BCUT2D eigenvalue weighted by atomic mass is 9.85. The van der Waals surface area contributed by atoms with Gasteiger partial charge in [0.15, 0.2) is 0 Å². The van der Waals surface area contributed by atoms with Gasteiger partial charge in [0, 0.05) is 18.5 Å². The minimum absolute atomic E-state index is 0.287. The zero-order valence-corrected chi connectivity index (χ0v) is 8.38. The number of hydrogen-bond donors (Lipinski definition) is 1. The van der Waals surface area contributed by atoms with Crippen LogP contribution in [0.1, 0.15) is 38.3 Å². The van der Waals surface area contributed by atoms with Gasteiger partial charge in [-0.25, -0.2) is 0 Å². The van der Waals surface area contributed by atoms with Crippen LogP contribution >= 0.6 is 0 Å². The molecule has 0 amide bonds. The number of hydrogen-bond acceptors (Lipinski definition) is 2. The van der Waals surface area contributed by atoms with Crippen molar-refractivity contribution in [3.8, 4) is 0 Å². The van der Waals surface area contributed by atoms with E-state index < -0.39 is 0 Å². The summed E-state index contributed by atoms with van der Waals surface area (Å²) in [5.74, 6) is 0.767. The Morgan fingerprint density at radius 3 is 2.54 bits per heavy atom. The summed E-state index contributed by atoms with van der Waals surface area (Å²) < 4.78 is 1.76. The highest BCUT2D eigenvalue weighted by atomic mass is 15.3. The van der Waals surface area contributed by atoms with Gasteiger partial charge in [0.2, 0.25) is 0 Å². The molecule has 2 N–H and O–H groups in total. The Bertz CT molecular complexity index is 288. The van der Waals surface area contributed by atoms with Crippen LogP contribution < -0.4 is 5.73 Å². The molecule has 0 atom stereocenters. The zero-order chi connectivity index (χ0) is 9.47. The zero-order valence-electron chi connectivity index (χ0n) is 8.38. The van der Waals surface area contributed by atoms with Crippen molar-refractivity contribution in [3.63, 3.8) is 0 Å². The molecule has 2 rings (SSSR count). The quantitative estimate of drug-likeness (QED) is 0.714. The van der Waals surface area contributed by atoms with E-state index in [-0.39, 0.29) is 5.41 Å². The summed E-state index contributed by atoms with van der Waals surface area (Å²) in [5, 5.41) is 4.46. The van der Waals surface area contributed by atoms with Crippen LogP contribution in [0.5, 0.6) is 0 Å². The van der Waals surface area contributed by atoms with Crippen molar-refractivity contribution < 1.29 is 0 Å². The van der Waals surface area contributed by atoms with Crippen molar-refractivity contribution in [2.45, 2.75) is 38.0 Å².